The molecule has 0 saturated carbocycles. The first kappa shape index (κ1) is 15.3. The molecular weight excluding hydrogens is 244 g/mol. The van der Waals surface area contributed by atoms with Crippen LogP contribution in [0.5, 0.6) is 11.5 Å². The van der Waals surface area contributed by atoms with Gasteiger partial charge in [0.1, 0.15) is 11.5 Å². The highest BCUT2D eigenvalue weighted by molar-refractivity contribution is 5.79. The van der Waals surface area contributed by atoms with Crippen molar-refractivity contribution in [1.82, 2.24) is 5.32 Å². The van der Waals surface area contributed by atoms with Crippen LogP contribution in [-0.4, -0.2) is 26.2 Å². The monoisotopic (exact) mass is 266 g/mol. The third-order valence-electron chi connectivity index (χ3n) is 3.08. The summed E-state index contributed by atoms with van der Waals surface area (Å²) in [5.41, 5.74) is 6.27. The molecule has 0 spiro atoms. The topological polar surface area (TPSA) is 73.6 Å². The van der Waals surface area contributed by atoms with Gasteiger partial charge in [-0.2, -0.15) is 0 Å². The normalized spacial score (nSPS) is 13.7. The molecule has 0 aliphatic rings. The number of nitrogens with two attached hydrogens (primary N) is 1. The van der Waals surface area contributed by atoms with Crippen LogP contribution >= 0.6 is 0 Å². The van der Waals surface area contributed by atoms with Crippen LogP contribution < -0.4 is 20.5 Å². The summed E-state index contributed by atoms with van der Waals surface area (Å²) in [5, 5.41) is 3.14. The summed E-state index contributed by atoms with van der Waals surface area (Å²) in [4.78, 5) is 11.3. The van der Waals surface area contributed by atoms with Crippen LogP contribution in [0.4, 0.5) is 0 Å². The van der Waals surface area contributed by atoms with Crippen molar-refractivity contribution in [2.24, 2.45) is 5.73 Å². The third-order valence-corrected chi connectivity index (χ3v) is 3.08. The maximum Gasteiger partial charge on any atom is 0.258 e. The van der Waals surface area contributed by atoms with Crippen LogP contribution in [-0.2, 0) is 4.79 Å². The van der Waals surface area contributed by atoms with Crippen LogP contribution in [0, 0.1) is 0 Å². The number of primary amides is 1. The van der Waals surface area contributed by atoms with E-state index in [0.717, 1.165) is 5.56 Å². The molecule has 19 heavy (non-hydrogen) atoms. The Hall–Kier alpha value is -1.75. The van der Waals surface area contributed by atoms with Crippen molar-refractivity contribution in [2.75, 3.05) is 14.2 Å². The van der Waals surface area contributed by atoms with E-state index in [2.05, 4.69) is 5.32 Å². The SMILES string of the molecule is CCC(Oc1cc(OC)ccc1C(C)NC)C(N)=O. The second-order valence-corrected chi connectivity index (χ2v) is 4.33. The number of nitrogens with one attached hydrogen (secondary N) is 1. The van der Waals surface area contributed by atoms with Gasteiger partial charge >= 0.3 is 0 Å². The molecule has 5 heteroatoms. The summed E-state index contributed by atoms with van der Waals surface area (Å²) >= 11 is 0. The number of hydrogen-bond acceptors (Lipinski definition) is 4. The standard InChI is InChI=1S/C14H22N2O3/c1-5-12(14(15)17)19-13-8-10(18-4)6-7-11(13)9(2)16-3/h6-9,12,16H,5H2,1-4H3,(H2,15,17). The van der Waals surface area contributed by atoms with Crippen molar-refractivity contribution in [3.8, 4) is 11.5 Å². The zero-order valence-corrected chi connectivity index (χ0v) is 11.9. The molecule has 106 valence electrons. The maximum atomic E-state index is 11.3. The van der Waals surface area contributed by atoms with E-state index in [1.165, 1.54) is 0 Å². The second kappa shape index (κ2) is 6.99. The fourth-order valence-corrected chi connectivity index (χ4v) is 1.75. The molecule has 5 nitrogen and oxygen atoms in total. The molecule has 0 radical (unpaired) electrons. The van der Waals surface area contributed by atoms with Gasteiger partial charge in [-0.3, -0.25) is 4.79 Å². The fraction of sp³-hybridized carbons (Fsp3) is 0.500. The van der Waals surface area contributed by atoms with E-state index >= 15 is 0 Å². The van der Waals surface area contributed by atoms with E-state index in [1.54, 1.807) is 13.2 Å². The van der Waals surface area contributed by atoms with Crippen molar-refractivity contribution in [1.29, 1.82) is 0 Å². The quantitative estimate of drug-likeness (QED) is 0.786. The van der Waals surface area contributed by atoms with E-state index in [9.17, 15) is 4.79 Å². The maximum absolute atomic E-state index is 11.3. The number of rotatable bonds is 7. The van der Waals surface area contributed by atoms with Gasteiger partial charge in [0, 0.05) is 17.7 Å². The molecule has 0 aliphatic heterocycles. The molecule has 1 aromatic carbocycles. The van der Waals surface area contributed by atoms with E-state index in [-0.39, 0.29) is 6.04 Å². The number of amides is 1. The molecule has 0 heterocycles. The van der Waals surface area contributed by atoms with E-state index in [4.69, 9.17) is 15.2 Å². The van der Waals surface area contributed by atoms with Crippen molar-refractivity contribution < 1.29 is 14.3 Å². The van der Waals surface area contributed by atoms with Crippen molar-refractivity contribution in [3.05, 3.63) is 23.8 Å². The predicted molar refractivity (Wildman–Crippen MR) is 74.4 cm³/mol. The number of ether oxygens (including phenoxy) is 2. The number of carbonyl (C=O) groups is 1. The minimum Gasteiger partial charge on any atom is -0.497 e. The lowest BCUT2D eigenvalue weighted by atomic mass is 10.1. The number of carbonyl (C=O) groups excluding carboxylic acids is 1. The van der Waals surface area contributed by atoms with Gasteiger partial charge in [0.15, 0.2) is 6.10 Å². The highest BCUT2D eigenvalue weighted by Gasteiger charge is 2.19. The van der Waals surface area contributed by atoms with Crippen LogP contribution in [0.1, 0.15) is 31.9 Å². The number of hydrogen-bond donors (Lipinski definition) is 2. The Kier molecular flexibility index (Phi) is 5.63. The summed E-state index contributed by atoms with van der Waals surface area (Å²) in [6.45, 7) is 3.87. The lowest BCUT2D eigenvalue weighted by molar-refractivity contribution is -0.124. The summed E-state index contributed by atoms with van der Waals surface area (Å²) in [7, 11) is 3.45. The summed E-state index contributed by atoms with van der Waals surface area (Å²) in [6, 6.07) is 5.66. The lowest BCUT2D eigenvalue weighted by Crippen LogP contribution is -2.33. The van der Waals surface area contributed by atoms with Crippen LogP contribution in [0.2, 0.25) is 0 Å². The zero-order valence-electron chi connectivity index (χ0n) is 11.9. The van der Waals surface area contributed by atoms with Crippen molar-refractivity contribution in [2.45, 2.75) is 32.4 Å². The first-order valence-corrected chi connectivity index (χ1v) is 6.34. The molecule has 1 rings (SSSR count). The summed E-state index contributed by atoms with van der Waals surface area (Å²) in [6.07, 6.45) is -0.102. The Bertz CT molecular complexity index is 435. The molecule has 0 saturated heterocycles. The molecule has 2 atom stereocenters. The molecule has 1 aromatic rings. The third kappa shape index (κ3) is 3.86. The van der Waals surface area contributed by atoms with Gasteiger partial charge in [0.25, 0.3) is 5.91 Å². The Labute approximate surface area is 114 Å². The minimum atomic E-state index is -0.630. The number of methoxy groups -OCH3 is 1. The second-order valence-electron chi connectivity index (χ2n) is 4.33. The largest absolute Gasteiger partial charge is 0.497 e. The summed E-state index contributed by atoms with van der Waals surface area (Å²) < 4.78 is 10.9. The van der Waals surface area contributed by atoms with E-state index in [1.807, 2.05) is 33.0 Å². The highest BCUT2D eigenvalue weighted by atomic mass is 16.5. The van der Waals surface area contributed by atoms with Gasteiger partial charge in [-0.15, -0.1) is 0 Å². The van der Waals surface area contributed by atoms with E-state index in [0.29, 0.717) is 17.9 Å². The van der Waals surface area contributed by atoms with Gasteiger partial charge in [-0.05, 0) is 26.5 Å². The number of benzene rings is 1. The van der Waals surface area contributed by atoms with E-state index < -0.39 is 12.0 Å². The zero-order chi connectivity index (χ0) is 14.4. The molecule has 0 aromatic heterocycles. The van der Waals surface area contributed by atoms with Crippen LogP contribution in [0.15, 0.2) is 18.2 Å². The molecular formula is C14H22N2O3. The Morgan fingerprint density at radius 1 is 1.47 bits per heavy atom. The molecule has 1 amide bonds. The summed E-state index contributed by atoms with van der Waals surface area (Å²) in [5.74, 6) is 0.835. The van der Waals surface area contributed by atoms with Crippen LogP contribution in [0.25, 0.3) is 0 Å². The molecule has 3 N–H and O–H groups in total. The molecule has 0 aliphatic carbocycles. The Morgan fingerprint density at radius 2 is 2.16 bits per heavy atom. The Balaban J connectivity index is 3.10. The fourth-order valence-electron chi connectivity index (χ4n) is 1.75. The van der Waals surface area contributed by atoms with Gasteiger partial charge in [-0.25, -0.2) is 0 Å². The van der Waals surface area contributed by atoms with Gasteiger partial charge in [0.2, 0.25) is 0 Å². The Morgan fingerprint density at radius 3 is 2.63 bits per heavy atom. The smallest absolute Gasteiger partial charge is 0.258 e. The average molecular weight is 266 g/mol. The molecule has 0 fully saturated rings. The first-order chi connectivity index (χ1) is 9.03. The van der Waals surface area contributed by atoms with Crippen molar-refractivity contribution >= 4 is 5.91 Å². The van der Waals surface area contributed by atoms with Crippen LogP contribution in [0.3, 0.4) is 0 Å². The van der Waals surface area contributed by atoms with Crippen molar-refractivity contribution in [3.63, 3.8) is 0 Å². The van der Waals surface area contributed by atoms with Gasteiger partial charge < -0.3 is 20.5 Å². The predicted octanol–water partition coefficient (Wildman–Crippen LogP) is 1.62. The van der Waals surface area contributed by atoms with Gasteiger partial charge in [-0.1, -0.05) is 13.0 Å². The highest BCUT2D eigenvalue weighted by Crippen LogP contribution is 2.30. The van der Waals surface area contributed by atoms with Gasteiger partial charge in [0.05, 0.1) is 7.11 Å². The first-order valence-electron chi connectivity index (χ1n) is 6.34. The minimum absolute atomic E-state index is 0.103. The molecule has 0 bridgehead atoms. The molecule has 2 unspecified atom stereocenters. The average Bonchev–Trinajstić information content (AvgIpc) is 2.43. The lowest BCUT2D eigenvalue weighted by Gasteiger charge is -2.20.